The zero-order chi connectivity index (χ0) is 17.9. The summed E-state index contributed by atoms with van der Waals surface area (Å²) < 4.78 is 6.90. The highest BCUT2D eigenvalue weighted by molar-refractivity contribution is 5.78. The highest BCUT2D eigenvalue weighted by Crippen LogP contribution is 2.26. The lowest BCUT2D eigenvalue weighted by Gasteiger charge is -2.27. The van der Waals surface area contributed by atoms with Crippen LogP contribution in [0.3, 0.4) is 0 Å². The Morgan fingerprint density at radius 2 is 2.15 bits per heavy atom. The Morgan fingerprint density at radius 3 is 2.92 bits per heavy atom. The van der Waals surface area contributed by atoms with Gasteiger partial charge in [0, 0.05) is 31.3 Å². The maximum absolute atomic E-state index is 12.5. The third-order valence-electron chi connectivity index (χ3n) is 4.80. The van der Waals surface area contributed by atoms with Crippen LogP contribution in [0, 0.1) is 12.8 Å². The van der Waals surface area contributed by atoms with Crippen LogP contribution in [0.1, 0.15) is 37.3 Å². The van der Waals surface area contributed by atoms with Crippen LogP contribution in [-0.2, 0) is 11.3 Å². The van der Waals surface area contributed by atoms with E-state index < -0.39 is 0 Å². The van der Waals surface area contributed by atoms with Gasteiger partial charge in [-0.25, -0.2) is 4.98 Å². The van der Waals surface area contributed by atoms with Gasteiger partial charge >= 0.3 is 0 Å². The molecule has 0 aliphatic heterocycles. The molecule has 0 saturated heterocycles. The van der Waals surface area contributed by atoms with E-state index in [0.29, 0.717) is 18.4 Å². The standard InChI is InChI=1S/C17H21N7O2/c1-11-21-17(23-26-11)22-13-4-2-12(3-5-13)16(25)20-9-14-8-19-15-10-18-6-7-24(14)15/h6-8,10,12-13H,2-5,9H2,1H3,(H,20,25)(H,22,23). The highest BCUT2D eigenvalue weighted by atomic mass is 16.5. The zero-order valence-electron chi connectivity index (χ0n) is 14.6. The van der Waals surface area contributed by atoms with Crippen LogP contribution in [0.4, 0.5) is 5.95 Å². The summed E-state index contributed by atoms with van der Waals surface area (Å²) in [6.45, 7) is 2.23. The maximum Gasteiger partial charge on any atom is 0.263 e. The zero-order valence-corrected chi connectivity index (χ0v) is 14.6. The molecule has 9 heteroatoms. The molecule has 0 spiro atoms. The number of imidazole rings is 1. The van der Waals surface area contributed by atoms with Crippen molar-refractivity contribution >= 4 is 17.5 Å². The molecule has 3 heterocycles. The summed E-state index contributed by atoms with van der Waals surface area (Å²) in [5.41, 5.74) is 1.72. The third-order valence-corrected chi connectivity index (χ3v) is 4.80. The third kappa shape index (κ3) is 3.51. The average molecular weight is 355 g/mol. The Kier molecular flexibility index (Phi) is 4.51. The van der Waals surface area contributed by atoms with E-state index in [1.165, 1.54) is 0 Å². The molecule has 0 radical (unpaired) electrons. The van der Waals surface area contributed by atoms with Gasteiger partial charge in [0.2, 0.25) is 11.8 Å². The lowest BCUT2D eigenvalue weighted by Crippen LogP contribution is -2.36. The second kappa shape index (κ2) is 7.11. The minimum absolute atomic E-state index is 0.0425. The van der Waals surface area contributed by atoms with Crippen molar-refractivity contribution in [3.05, 3.63) is 36.4 Å². The summed E-state index contributed by atoms with van der Waals surface area (Å²) in [6.07, 6.45) is 10.5. The van der Waals surface area contributed by atoms with Crippen LogP contribution in [0.15, 0.2) is 29.3 Å². The molecule has 9 nitrogen and oxygen atoms in total. The van der Waals surface area contributed by atoms with Crippen molar-refractivity contribution in [3.63, 3.8) is 0 Å². The highest BCUT2D eigenvalue weighted by Gasteiger charge is 2.27. The van der Waals surface area contributed by atoms with Crippen molar-refractivity contribution in [1.29, 1.82) is 0 Å². The number of amides is 1. The van der Waals surface area contributed by atoms with Gasteiger partial charge in [-0.3, -0.25) is 14.2 Å². The Hall–Kier alpha value is -2.97. The molecule has 0 atom stereocenters. The van der Waals surface area contributed by atoms with Crippen molar-refractivity contribution in [2.24, 2.45) is 5.92 Å². The lowest BCUT2D eigenvalue weighted by molar-refractivity contribution is -0.126. The quantitative estimate of drug-likeness (QED) is 0.717. The predicted molar refractivity (Wildman–Crippen MR) is 93.2 cm³/mol. The Balaban J connectivity index is 1.27. The van der Waals surface area contributed by atoms with Gasteiger partial charge in [-0.1, -0.05) is 0 Å². The van der Waals surface area contributed by atoms with Crippen molar-refractivity contribution in [1.82, 2.24) is 29.8 Å². The first kappa shape index (κ1) is 16.5. The number of aryl methyl sites for hydroxylation is 1. The normalized spacial score (nSPS) is 20.2. The largest absolute Gasteiger partial charge is 0.350 e. The molecule has 1 amide bonds. The van der Waals surface area contributed by atoms with Gasteiger partial charge < -0.3 is 15.2 Å². The molecule has 0 aromatic carbocycles. The molecule has 3 aromatic rings. The minimum atomic E-state index is 0.0425. The first-order valence-corrected chi connectivity index (χ1v) is 8.79. The molecule has 3 aromatic heterocycles. The van der Waals surface area contributed by atoms with E-state index in [1.807, 2.05) is 10.6 Å². The maximum atomic E-state index is 12.5. The Labute approximate surface area is 150 Å². The number of nitrogens with one attached hydrogen (secondary N) is 2. The van der Waals surface area contributed by atoms with E-state index in [0.717, 1.165) is 37.0 Å². The van der Waals surface area contributed by atoms with Gasteiger partial charge in [0.25, 0.3) is 5.95 Å². The van der Waals surface area contributed by atoms with Crippen LogP contribution in [0.2, 0.25) is 0 Å². The number of nitrogens with zero attached hydrogens (tertiary/aromatic N) is 5. The Morgan fingerprint density at radius 1 is 1.31 bits per heavy atom. The molecule has 4 rings (SSSR count). The fourth-order valence-electron chi connectivity index (χ4n) is 3.39. The molecule has 26 heavy (non-hydrogen) atoms. The summed E-state index contributed by atoms with van der Waals surface area (Å²) in [4.78, 5) is 25.0. The summed E-state index contributed by atoms with van der Waals surface area (Å²) in [5.74, 6) is 1.21. The second-order valence-corrected chi connectivity index (χ2v) is 6.60. The predicted octanol–water partition coefficient (Wildman–Crippen LogP) is 1.71. The SMILES string of the molecule is Cc1nc(NC2CCC(C(=O)NCc3cnc4cnccn34)CC2)no1. The van der Waals surface area contributed by atoms with Gasteiger partial charge in [0.1, 0.15) is 0 Å². The number of carbonyl (C=O) groups excluding carboxylic acids is 1. The van der Waals surface area contributed by atoms with Gasteiger partial charge in [-0.05, 0) is 30.8 Å². The number of anilines is 1. The molecule has 136 valence electrons. The number of hydrogen-bond acceptors (Lipinski definition) is 7. The van der Waals surface area contributed by atoms with Gasteiger partial charge in [0.05, 0.1) is 24.6 Å². The monoisotopic (exact) mass is 355 g/mol. The number of aromatic nitrogens is 5. The number of rotatable bonds is 5. The smallest absolute Gasteiger partial charge is 0.263 e. The number of fused-ring (bicyclic) bond motifs is 1. The molecule has 1 aliphatic carbocycles. The first-order valence-electron chi connectivity index (χ1n) is 8.79. The lowest BCUT2D eigenvalue weighted by atomic mass is 9.85. The van der Waals surface area contributed by atoms with E-state index in [-0.39, 0.29) is 17.9 Å². The summed E-state index contributed by atoms with van der Waals surface area (Å²) >= 11 is 0. The first-order chi connectivity index (χ1) is 12.7. The van der Waals surface area contributed by atoms with Crippen molar-refractivity contribution < 1.29 is 9.32 Å². The van der Waals surface area contributed by atoms with Crippen LogP contribution < -0.4 is 10.6 Å². The van der Waals surface area contributed by atoms with E-state index in [4.69, 9.17) is 4.52 Å². The topological polar surface area (TPSA) is 110 Å². The molecule has 2 N–H and O–H groups in total. The van der Waals surface area contributed by atoms with Crippen molar-refractivity contribution in [3.8, 4) is 0 Å². The van der Waals surface area contributed by atoms with Crippen LogP contribution >= 0.6 is 0 Å². The van der Waals surface area contributed by atoms with Gasteiger partial charge in [-0.15, -0.1) is 0 Å². The van der Waals surface area contributed by atoms with Crippen LogP contribution in [0.25, 0.3) is 5.65 Å². The number of carbonyl (C=O) groups is 1. The fraction of sp³-hybridized carbons (Fsp3) is 0.471. The molecular formula is C17H21N7O2. The van der Waals surface area contributed by atoms with Gasteiger partial charge in [-0.2, -0.15) is 4.98 Å². The number of hydrogen-bond donors (Lipinski definition) is 2. The van der Waals surface area contributed by atoms with E-state index in [2.05, 4.69) is 30.7 Å². The van der Waals surface area contributed by atoms with Crippen LogP contribution in [0.5, 0.6) is 0 Å². The Bertz CT molecular complexity index is 895. The van der Waals surface area contributed by atoms with E-state index in [9.17, 15) is 4.79 Å². The van der Waals surface area contributed by atoms with Crippen molar-refractivity contribution in [2.45, 2.75) is 45.2 Å². The van der Waals surface area contributed by atoms with Crippen molar-refractivity contribution in [2.75, 3.05) is 5.32 Å². The van der Waals surface area contributed by atoms with E-state index >= 15 is 0 Å². The second-order valence-electron chi connectivity index (χ2n) is 6.60. The molecule has 1 aliphatic rings. The molecule has 0 bridgehead atoms. The average Bonchev–Trinajstić information content (AvgIpc) is 3.26. The molecule has 0 unspecified atom stereocenters. The minimum Gasteiger partial charge on any atom is -0.350 e. The fourth-order valence-corrected chi connectivity index (χ4v) is 3.39. The summed E-state index contributed by atoms with van der Waals surface area (Å²) in [7, 11) is 0. The summed E-state index contributed by atoms with van der Waals surface area (Å²) in [5, 5.41) is 10.2. The van der Waals surface area contributed by atoms with Crippen LogP contribution in [-0.4, -0.2) is 36.5 Å². The van der Waals surface area contributed by atoms with E-state index in [1.54, 1.807) is 25.5 Å². The molecular weight excluding hydrogens is 334 g/mol. The molecule has 1 saturated carbocycles. The molecule has 1 fully saturated rings. The van der Waals surface area contributed by atoms with Gasteiger partial charge in [0.15, 0.2) is 5.65 Å². The summed E-state index contributed by atoms with van der Waals surface area (Å²) in [6, 6.07) is 0.280.